The van der Waals surface area contributed by atoms with Gasteiger partial charge in [-0.05, 0) is 56.2 Å². The molecule has 102 valence electrons. The van der Waals surface area contributed by atoms with E-state index < -0.39 is 0 Å². The summed E-state index contributed by atoms with van der Waals surface area (Å²) < 4.78 is 0. The van der Waals surface area contributed by atoms with E-state index in [4.69, 9.17) is 0 Å². The van der Waals surface area contributed by atoms with Crippen molar-refractivity contribution in [2.75, 3.05) is 7.05 Å². The second-order valence-electron chi connectivity index (χ2n) is 6.33. The first kappa shape index (κ1) is 12.9. The molecule has 2 bridgehead atoms. The lowest BCUT2D eigenvalue weighted by molar-refractivity contribution is 0.110. The molecule has 0 aliphatic carbocycles. The maximum absolute atomic E-state index is 2.63. The van der Waals surface area contributed by atoms with Crippen LogP contribution in [0, 0.1) is 5.92 Å². The van der Waals surface area contributed by atoms with E-state index in [0.29, 0.717) is 0 Å². The zero-order chi connectivity index (χ0) is 13.4. The Morgan fingerprint density at radius 2 is 1.89 bits per heavy atom. The van der Waals surface area contributed by atoms with Gasteiger partial charge in [-0.15, -0.1) is 0 Å². The zero-order valence-electron chi connectivity index (χ0n) is 12.3. The van der Waals surface area contributed by atoms with Crippen molar-refractivity contribution < 1.29 is 0 Å². The van der Waals surface area contributed by atoms with Crippen LogP contribution in [0.15, 0.2) is 30.3 Å². The van der Waals surface area contributed by atoms with E-state index in [1.165, 1.54) is 24.8 Å². The lowest BCUT2D eigenvalue weighted by Crippen LogP contribution is -2.44. The molecule has 4 unspecified atom stereocenters. The van der Waals surface area contributed by atoms with Gasteiger partial charge >= 0.3 is 0 Å². The van der Waals surface area contributed by atoms with Gasteiger partial charge in [0.25, 0.3) is 0 Å². The number of nitrogens with zero attached hydrogens (tertiary/aromatic N) is 1. The van der Waals surface area contributed by atoms with Crippen LogP contribution < -0.4 is 0 Å². The number of rotatable bonds is 2. The maximum atomic E-state index is 2.63. The van der Waals surface area contributed by atoms with Crippen molar-refractivity contribution >= 4 is 6.08 Å². The van der Waals surface area contributed by atoms with E-state index in [1.54, 1.807) is 5.56 Å². The highest BCUT2D eigenvalue weighted by Gasteiger charge is 2.43. The Kier molecular flexibility index (Phi) is 3.49. The Balaban J connectivity index is 1.82. The minimum absolute atomic E-state index is 0.758. The fourth-order valence-corrected chi connectivity index (χ4v) is 4.22. The zero-order valence-corrected chi connectivity index (χ0v) is 12.3. The molecule has 2 saturated heterocycles. The Labute approximate surface area is 117 Å². The van der Waals surface area contributed by atoms with Crippen molar-refractivity contribution in [3.05, 3.63) is 41.5 Å². The van der Waals surface area contributed by atoms with E-state index in [-0.39, 0.29) is 0 Å². The van der Waals surface area contributed by atoms with Gasteiger partial charge in [-0.25, -0.2) is 0 Å². The fourth-order valence-electron chi connectivity index (χ4n) is 4.22. The van der Waals surface area contributed by atoms with Gasteiger partial charge in [0, 0.05) is 12.1 Å². The third-order valence-corrected chi connectivity index (χ3v) is 5.39. The molecule has 0 amide bonds. The van der Waals surface area contributed by atoms with Crippen LogP contribution in [0.5, 0.6) is 0 Å². The molecular formula is C18H25N. The summed E-state index contributed by atoms with van der Waals surface area (Å²) in [6.45, 7) is 4.53. The van der Waals surface area contributed by atoms with Gasteiger partial charge < -0.3 is 4.90 Å². The van der Waals surface area contributed by atoms with Gasteiger partial charge in [0.1, 0.15) is 0 Å². The van der Waals surface area contributed by atoms with E-state index in [2.05, 4.69) is 62.2 Å². The molecule has 1 heteroatoms. The van der Waals surface area contributed by atoms with E-state index >= 15 is 0 Å². The normalized spacial score (nSPS) is 35.1. The topological polar surface area (TPSA) is 3.24 Å². The molecule has 2 heterocycles. The second-order valence-corrected chi connectivity index (χ2v) is 6.33. The summed E-state index contributed by atoms with van der Waals surface area (Å²) in [7, 11) is 2.32. The molecule has 3 rings (SSSR count). The van der Waals surface area contributed by atoms with Crippen LogP contribution in [0.3, 0.4) is 0 Å². The SMILES string of the molecule is C/C=C\c1ccc(C2CC3CCC(C2C)N3[11CH3])cc1. The lowest BCUT2D eigenvalue weighted by atomic mass is 9.76. The Bertz CT molecular complexity index is 459. The molecule has 4 atom stereocenters. The van der Waals surface area contributed by atoms with Gasteiger partial charge in [-0.1, -0.05) is 43.3 Å². The molecule has 1 aromatic rings. The summed E-state index contributed by atoms with van der Waals surface area (Å²) in [6, 6.07) is 10.9. The van der Waals surface area contributed by atoms with Gasteiger partial charge in [-0.2, -0.15) is 0 Å². The van der Waals surface area contributed by atoms with Crippen LogP contribution in [0.1, 0.15) is 50.2 Å². The third-order valence-electron chi connectivity index (χ3n) is 5.39. The minimum atomic E-state index is 0.758. The average Bonchev–Trinajstić information content (AvgIpc) is 2.67. The molecule has 1 nitrogen and oxygen atoms in total. The van der Waals surface area contributed by atoms with E-state index in [9.17, 15) is 0 Å². The molecule has 2 fully saturated rings. The van der Waals surface area contributed by atoms with Crippen molar-refractivity contribution in [3.8, 4) is 0 Å². The number of allylic oxidation sites excluding steroid dienone is 1. The van der Waals surface area contributed by atoms with E-state index in [1.807, 2.05) is 0 Å². The predicted molar refractivity (Wildman–Crippen MR) is 82.2 cm³/mol. The first-order valence-corrected chi connectivity index (χ1v) is 7.65. The first-order chi connectivity index (χ1) is 9.20. The minimum Gasteiger partial charge on any atom is -0.300 e. The number of benzene rings is 1. The summed E-state index contributed by atoms with van der Waals surface area (Å²) in [5.41, 5.74) is 2.86. The first-order valence-electron chi connectivity index (χ1n) is 7.65. The number of hydrogen-bond acceptors (Lipinski definition) is 1. The molecule has 1 aromatic carbocycles. The largest absolute Gasteiger partial charge is 0.300 e. The average molecular weight is 254 g/mol. The molecule has 0 radical (unpaired) electrons. The number of hydrogen-bond donors (Lipinski definition) is 0. The van der Waals surface area contributed by atoms with E-state index in [0.717, 1.165) is 23.9 Å². The lowest BCUT2D eigenvalue weighted by Gasteiger charge is -2.41. The Hall–Kier alpha value is -1.08. The molecule has 0 spiro atoms. The molecule has 2 aliphatic heterocycles. The number of fused-ring (bicyclic) bond motifs is 2. The van der Waals surface area contributed by atoms with Crippen molar-refractivity contribution in [1.82, 2.24) is 4.90 Å². The highest BCUT2D eigenvalue weighted by Crippen LogP contribution is 2.45. The molecule has 2 aliphatic rings. The standard InChI is InChI=1S/C18H25N/c1-4-5-14-6-8-15(9-7-14)17-12-16-10-11-18(13(17)2)19(16)3/h4-9,13,16-18H,10-12H2,1-3H3/b5-4-/i3-1. The van der Waals surface area contributed by atoms with Gasteiger partial charge in [-0.3, -0.25) is 0 Å². The smallest absolute Gasteiger partial charge is 0.0127 e. The summed E-state index contributed by atoms with van der Waals surface area (Å²) in [5.74, 6) is 1.55. The van der Waals surface area contributed by atoms with Crippen LogP contribution in [-0.4, -0.2) is 24.0 Å². The molecule has 0 N–H and O–H groups in total. The summed E-state index contributed by atoms with van der Waals surface area (Å²) in [4.78, 5) is 2.63. The molecular weight excluding hydrogens is 229 g/mol. The summed E-state index contributed by atoms with van der Waals surface area (Å²) in [5, 5.41) is 0. The fraction of sp³-hybridized carbons (Fsp3) is 0.556. The van der Waals surface area contributed by atoms with Crippen molar-refractivity contribution in [2.45, 2.75) is 51.1 Å². The molecule has 0 saturated carbocycles. The van der Waals surface area contributed by atoms with Gasteiger partial charge in [0.15, 0.2) is 0 Å². The Morgan fingerprint density at radius 1 is 1.16 bits per heavy atom. The predicted octanol–water partition coefficient (Wildman–Crippen LogP) is 4.31. The highest BCUT2D eigenvalue weighted by atomic mass is 15.2. The van der Waals surface area contributed by atoms with Crippen LogP contribution in [-0.2, 0) is 0 Å². The maximum Gasteiger partial charge on any atom is 0.0127 e. The van der Waals surface area contributed by atoms with Crippen LogP contribution in [0.2, 0.25) is 0 Å². The van der Waals surface area contributed by atoms with Gasteiger partial charge in [0.2, 0.25) is 0 Å². The van der Waals surface area contributed by atoms with Crippen molar-refractivity contribution in [1.29, 1.82) is 0 Å². The molecule has 0 aromatic heterocycles. The van der Waals surface area contributed by atoms with Crippen molar-refractivity contribution in [2.24, 2.45) is 5.92 Å². The van der Waals surface area contributed by atoms with Crippen LogP contribution >= 0.6 is 0 Å². The number of piperidine rings is 1. The van der Waals surface area contributed by atoms with Crippen molar-refractivity contribution in [3.63, 3.8) is 0 Å². The highest BCUT2D eigenvalue weighted by molar-refractivity contribution is 5.49. The second kappa shape index (κ2) is 5.13. The summed E-state index contributed by atoms with van der Waals surface area (Å²) in [6.07, 6.45) is 8.42. The Morgan fingerprint density at radius 3 is 2.58 bits per heavy atom. The van der Waals surface area contributed by atoms with Crippen LogP contribution in [0.4, 0.5) is 0 Å². The third kappa shape index (κ3) is 2.25. The monoisotopic (exact) mass is 254 g/mol. The quantitative estimate of drug-likeness (QED) is 0.760. The summed E-state index contributed by atoms with van der Waals surface area (Å²) >= 11 is 0. The van der Waals surface area contributed by atoms with Crippen LogP contribution in [0.25, 0.3) is 6.08 Å². The molecule has 19 heavy (non-hydrogen) atoms. The van der Waals surface area contributed by atoms with Gasteiger partial charge in [0.05, 0.1) is 0 Å².